The number of nitrogens with two attached hydrogens (primary N) is 1. The number of carbonyl (C=O) groups is 1. The van der Waals surface area contributed by atoms with Crippen LogP contribution in [0.2, 0.25) is 0 Å². The average molecular weight is 453 g/mol. The highest BCUT2D eigenvalue weighted by molar-refractivity contribution is 5.97. The predicted molar refractivity (Wildman–Crippen MR) is 128 cm³/mol. The topological polar surface area (TPSA) is 128 Å². The molecule has 0 saturated heterocycles. The fraction of sp³-hybridized carbons (Fsp3) is 0.500. The van der Waals surface area contributed by atoms with E-state index in [1.807, 2.05) is 37.3 Å². The minimum atomic E-state index is -0.652. The Morgan fingerprint density at radius 2 is 1.94 bits per heavy atom. The largest absolute Gasteiger partial charge is 0.383 e. The molecule has 0 bridgehead atoms. The van der Waals surface area contributed by atoms with Crippen LogP contribution in [0.15, 0.2) is 39.9 Å². The van der Waals surface area contributed by atoms with Crippen LogP contribution in [0, 0.1) is 11.3 Å². The summed E-state index contributed by atoms with van der Waals surface area (Å²) in [6.07, 6.45) is 5.00. The van der Waals surface area contributed by atoms with E-state index in [1.165, 1.54) is 9.47 Å². The number of carbonyl (C=O) groups excluding carboxylic acids is 1. The van der Waals surface area contributed by atoms with Gasteiger partial charge in [-0.05, 0) is 24.8 Å². The molecule has 176 valence electrons. The highest BCUT2D eigenvalue weighted by Gasteiger charge is 2.33. The molecule has 0 aliphatic heterocycles. The third-order valence-electron chi connectivity index (χ3n) is 6.05. The van der Waals surface area contributed by atoms with Crippen molar-refractivity contribution in [2.45, 2.75) is 64.6 Å². The standard InChI is InChI=1S/C24H32N6O3/c1-2-3-14-29-22(26)21(23(32)27-24(29)33)30(19-11-7-8-12-19)20(31)17-28(15-13-25)16-18-9-5-4-6-10-18/h4-6,9-10,19H,2-3,7-8,11-12,14-17,26H2,1H3,(H,27,32,33). The lowest BCUT2D eigenvalue weighted by Gasteiger charge is -2.31. The molecular weight excluding hydrogens is 420 g/mol. The third kappa shape index (κ3) is 5.90. The first-order chi connectivity index (χ1) is 16.0. The summed E-state index contributed by atoms with van der Waals surface area (Å²) in [4.78, 5) is 44.4. The summed E-state index contributed by atoms with van der Waals surface area (Å²) in [5.41, 5.74) is 6.14. The second-order valence-electron chi connectivity index (χ2n) is 8.49. The Labute approximate surface area is 193 Å². The van der Waals surface area contributed by atoms with Crippen molar-refractivity contribution in [3.05, 3.63) is 56.7 Å². The van der Waals surface area contributed by atoms with Gasteiger partial charge in [-0.25, -0.2) is 4.79 Å². The number of nitrogens with one attached hydrogen (secondary N) is 1. The fourth-order valence-corrected chi connectivity index (χ4v) is 4.40. The van der Waals surface area contributed by atoms with Crippen molar-refractivity contribution in [1.82, 2.24) is 14.5 Å². The maximum atomic E-state index is 13.6. The van der Waals surface area contributed by atoms with Crippen LogP contribution in [0.5, 0.6) is 0 Å². The van der Waals surface area contributed by atoms with Gasteiger partial charge < -0.3 is 10.6 Å². The number of rotatable bonds is 10. The second-order valence-corrected chi connectivity index (χ2v) is 8.49. The van der Waals surface area contributed by atoms with E-state index >= 15 is 0 Å². The van der Waals surface area contributed by atoms with Crippen LogP contribution in [0.4, 0.5) is 11.5 Å². The minimum Gasteiger partial charge on any atom is -0.383 e. The van der Waals surface area contributed by atoms with Crippen molar-refractivity contribution in [2.75, 3.05) is 23.7 Å². The van der Waals surface area contributed by atoms with Crippen molar-refractivity contribution in [3.8, 4) is 6.07 Å². The normalized spacial score (nSPS) is 13.8. The number of hydrogen-bond donors (Lipinski definition) is 2. The summed E-state index contributed by atoms with van der Waals surface area (Å²) < 4.78 is 1.34. The van der Waals surface area contributed by atoms with E-state index in [2.05, 4.69) is 11.1 Å². The van der Waals surface area contributed by atoms with Crippen LogP contribution < -0.4 is 21.9 Å². The number of amides is 1. The zero-order valence-corrected chi connectivity index (χ0v) is 19.1. The summed E-state index contributed by atoms with van der Waals surface area (Å²) in [6.45, 7) is 2.83. The van der Waals surface area contributed by atoms with Crippen molar-refractivity contribution in [1.29, 1.82) is 5.26 Å². The van der Waals surface area contributed by atoms with E-state index in [0.717, 1.165) is 44.1 Å². The second kappa shape index (κ2) is 11.5. The van der Waals surface area contributed by atoms with E-state index in [1.54, 1.807) is 4.90 Å². The van der Waals surface area contributed by atoms with Gasteiger partial charge in [-0.3, -0.25) is 24.0 Å². The van der Waals surface area contributed by atoms with Crippen LogP contribution in [-0.4, -0.2) is 39.5 Å². The lowest BCUT2D eigenvalue weighted by Crippen LogP contribution is -2.49. The molecule has 1 heterocycles. The number of aromatic amines is 1. The van der Waals surface area contributed by atoms with Gasteiger partial charge in [-0.15, -0.1) is 0 Å². The molecule has 1 fully saturated rings. The maximum Gasteiger partial charge on any atom is 0.330 e. The van der Waals surface area contributed by atoms with E-state index in [4.69, 9.17) is 5.73 Å². The lowest BCUT2D eigenvalue weighted by molar-refractivity contribution is -0.120. The van der Waals surface area contributed by atoms with Gasteiger partial charge in [0, 0.05) is 19.1 Å². The van der Waals surface area contributed by atoms with Gasteiger partial charge in [0.2, 0.25) is 5.91 Å². The first-order valence-corrected chi connectivity index (χ1v) is 11.5. The molecule has 1 amide bonds. The highest BCUT2D eigenvalue weighted by atomic mass is 16.2. The van der Waals surface area contributed by atoms with Crippen molar-refractivity contribution in [3.63, 3.8) is 0 Å². The summed E-state index contributed by atoms with van der Waals surface area (Å²) in [5, 5.41) is 9.30. The Hall–Kier alpha value is -3.38. The van der Waals surface area contributed by atoms with Gasteiger partial charge in [0.25, 0.3) is 5.56 Å². The Morgan fingerprint density at radius 3 is 2.58 bits per heavy atom. The van der Waals surface area contributed by atoms with Crippen molar-refractivity contribution < 1.29 is 4.79 Å². The Bertz CT molecular complexity index is 1100. The fourth-order valence-electron chi connectivity index (χ4n) is 4.40. The first kappa shape index (κ1) is 24.3. The molecular formula is C24H32N6O3. The van der Waals surface area contributed by atoms with Gasteiger partial charge in [0.1, 0.15) is 5.82 Å². The van der Waals surface area contributed by atoms with Gasteiger partial charge in [-0.2, -0.15) is 5.26 Å². The molecule has 3 N–H and O–H groups in total. The highest BCUT2D eigenvalue weighted by Crippen LogP contribution is 2.29. The zero-order valence-electron chi connectivity index (χ0n) is 19.1. The molecule has 0 atom stereocenters. The van der Waals surface area contributed by atoms with E-state index in [-0.39, 0.29) is 36.5 Å². The number of nitrogen functional groups attached to an aromatic ring is 1. The molecule has 1 aromatic carbocycles. The molecule has 2 aromatic rings. The molecule has 0 unspecified atom stereocenters. The zero-order chi connectivity index (χ0) is 23.8. The molecule has 1 aromatic heterocycles. The van der Waals surface area contributed by atoms with E-state index in [9.17, 15) is 19.6 Å². The first-order valence-electron chi connectivity index (χ1n) is 11.5. The minimum absolute atomic E-state index is 0.0207. The monoisotopic (exact) mass is 452 g/mol. The number of benzene rings is 1. The molecule has 1 aliphatic rings. The summed E-state index contributed by atoms with van der Waals surface area (Å²) in [5.74, 6) is -0.279. The molecule has 33 heavy (non-hydrogen) atoms. The molecule has 9 nitrogen and oxygen atoms in total. The summed E-state index contributed by atoms with van der Waals surface area (Å²) in [6, 6.07) is 11.6. The van der Waals surface area contributed by atoms with E-state index in [0.29, 0.717) is 13.1 Å². The van der Waals surface area contributed by atoms with Crippen molar-refractivity contribution >= 4 is 17.4 Å². The Kier molecular flexibility index (Phi) is 8.44. The number of unbranched alkanes of at least 4 members (excludes halogenated alkanes) is 1. The van der Waals surface area contributed by atoms with Gasteiger partial charge >= 0.3 is 5.69 Å². The molecule has 1 aliphatic carbocycles. The Balaban J connectivity index is 1.96. The van der Waals surface area contributed by atoms with Crippen LogP contribution in [0.25, 0.3) is 0 Å². The summed E-state index contributed by atoms with van der Waals surface area (Å²) >= 11 is 0. The maximum absolute atomic E-state index is 13.6. The van der Waals surface area contributed by atoms with Gasteiger partial charge in [0.05, 0.1) is 19.2 Å². The average Bonchev–Trinajstić information content (AvgIpc) is 3.31. The Morgan fingerprint density at radius 1 is 1.24 bits per heavy atom. The number of aromatic nitrogens is 2. The molecule has 0 radical (unpaired) electrons. The molecule has 9 heteroatoms. The number of hydrogen-bond acceptors (Lipinski definition) is 6. The van der Waals surface area contributed by atoms with Crippen LogP contribution in [0.1, 0.15) is 51.0 Å². The molecule has 1 saturated carbocycles. The number of nitriles is 1. The molecule has 0 spiro atoms. The lowest BCUT2D eigenvalue weighted by atomic mass is 10.1. The SMILES string of the molecule is CCCCn1c(N)c(N(C(=O)CN(CC#N)Cc2ccccc2)C2CCCC2)c(=O)[nH]c1=O. The quantitative estimate of drug-likeness (QED) is 0.532. The number of anilines is 2. The van der Waals surface area contributed by atoms with Gasteiger partial charge in [-0.1, -0.05) is 56.5 Å². The van der Waals surface area contributed by atoms with Gasteiger partial charge in [0.15, 0.2) is 5.69 Å². The van der Waals surface area contributed by atoms with E-state index < -0.39 is 11.2 Å². The van der Waals surface area contributed by atoms with Crippen LogP contribution in [0.3, 0.4) is 0 Å². The smallest absolute Gasteiger partial charge is 0.330 e. The number of nitrogens with zero attached hydrogens (tertiary/aromatic N) is 4. The summed E-state index contributed by atoms with van der Waals surface area (Å²) in [7, 11) is 0. The van der Waals surface area contributed by atoms with Crippen LogP contribution in [-0.2, 0) is 17.9 Å². The van der Waals surface area contributed by atoms with Crippen molar-refractivity contribution in [2.24, 2.45) is 0 Å². The predicted octanol–water partition coefficient (Wildman–Crippen LogP) is 2.22. The third-order valence-corrected chi connectivity index (χ3v) is 6.05. The molecule has 3 rings (SSSR count). The van der Waals surface area contributed by atoms with Crippen LogP contribution >= 0.6 is 0 Å². The number of H-pyrrole nitrogens is 1.